The van der Waals surface area contributed by atoms with E-state index in [1.807, 2.05) is 16.5 Å². The second-order valence-corrected chi connectivity index (χ2v) is 15.6. The van der Waals surface area contributed by atoms with Gasteiger partial charge in [-0.05, 0) is 112 Å². The molecule has 11 rings (SSSR count). The second kappa shape index (κ2) is 8.93. The fraction of sp³-hybridized carbons (Fsp3) is 0.559. The first-order valence-corrected chi connectivity index (χ1v) is 16.8. The molecule has 0 N–H and O–H groups in total. The largest absolute Gasteiger partial charge is 0.339 e. The third kappa shape index (κ3) is 4.20. The van der Waals surface area contributed by atoms with Gasteiger partial charge in [-0.1, -0.05) is 17.3 Å². The van der Waals surface area contributed by atoms with E-state index in [2.05, 4.69) is 41.3 Å². The molecule has 3 heterocycles. The number of alkyl halides is 1. The van der Waals surface area contributed by atoms with Gasteiger partial charge >= 0.3 is 0 Å². The molecule has 7 saturated carbocycles. The summed E-state index contributed by atoms with van der Waals surface area (Å²) in [5, 5.41) is 4.33. The zero-order valence-electron chi connectivity index (χ0n) is 24.6. The van der Waals surface area contributed by atoms with Crippen molar-refractivity contribution in [1.82, 2.24) is 20.1 Å². The Labute approximate surface area is 254 Å². The van der Waals surface area contributed by atoms with Crippen LogP contribution >= 0.6 is 11.3 Å². The Morgan fingerprint density at radius 2 is 1.81 bits per heavy atom. The Balaban J connectivity index is 1.01. The number of fused-ring (bicyclic) bond motifs is 4. The van der Waals surface area contributed by atoms with E-state index in [0.717, 1.165) is 83.1 Å². The van der Waals surface area contributed by atoms with Crippen LogP contribution in [0.3, 0.4) is 0 Å². The van der Waals surface area contributed by atoms with Gasteiger partial charge in [0, 0.05) is 35.5 Å². The van der Waals surface area contributed by atoms with Gasteiger partial charge in [0.2, 0.25) is 11.8 Å². The van der Waals surface area contributed by atoms with Gasteiger partial charge in [0.1, 0.15) is 16.0 Å². The van der Waals surface area contributed by atoms with Crippen molar-refractivity contribution in [2.75, 3.05) is 11.4 Å². The molecule has 0 saturated heterocycles. The van der Waals surface area contributed by atoms with Crippen LogP contribution in [0.2, 0.25) is 0 Å². The van der Waals surface area contributed by atoms with Crippen molar-refractivity contribution in [3.63, 3.8) is 0 Å². The lowest BCUT2D eigenvalue weighted by Gasteiger charge is -2.66. The number of hydrogen-bond acceptors (Lipinski definition) is 7. The summed E-state index contributed by atoms with van der Waals surface area (Å²) in [6.07, 6.45) is 10.6. The number of carbonyl (C=O) groups is 1. The number of nitrogens with zero attached hydrogens (tertiary/aromatic N) is 5. The smallest absolute Gasteiger partial charge is 0.232 e. The number of pyridine rings is 1. The predicted octanol–water partition coefficient (Wildman–Crippen LogP) is 7.83. The number of amides is 1. The van der Waals surface area contributed by atoms with Crippen LogP contribution in [0.25, 0.3) is 21.6 Å². The highest BCUT2D eigenvalue weighted by atomic mass is 32.1. The van der Waals surface area contributed by atoms with Crippen molar-refractivity contribution < 1.29 is 13.7 Å². The molecule has 222 valence electrons. The Bertz CT molecular complexity index is 1730. The Morgan fingerprint density at radius 1 is 1.05 bits per heavy atom. The summed E-state index contributed by atoms with van der Waals surface area (Å²) in [5.41, 5.74) is 5.58. The number of rotatable bonds is 8. The number of carbonyl (C=O) groups excluding carboxylic acids is 1. The second-order valence-electron chi connectivity index (χ2n) is 14.7. The number of hydrogen-bond donors (Lipinski definition) is 0. The summed E-state index contributed by atoms with van der Waals surface area (Å²) in [4.78, 5) is 31.4. The number of halogens is 1. The SMILES string of the molecule is Cc1cc(-c2cccc(N(CC34CCC(c5nc(C6CC6)no5)(CC3)CC4)C(=O)CC34CC(F)(C3)C4)c2)nc2scnc12. The molecule has 0 aliphatic heterocycles. The van der Waals surface area contributed by atoms with E-state index >= 15 is 0 Å². The fourth-order valence-corrected chi connectivity index (χ4v) is 9.62. The lowest BCUT2D eigenvalue weighted by Crippen LogP contribution is -2.65. The highest BCUT2D eigenvalue weighted by Gasteiger charge is 2.69. The molecule has 1 amide bonds. The summed E-state index contributed by atoms with van der Waals surface area (Å²) in [7, 11) is 0. The van der Waals surface area contributed by atoms with Crippen LogP contribution in [0.15, 0.2) is 40.4 Å². The van der Waals surface area contributed by atoms with Crippen LogP contribution in [-0.2, 0) is 10.2 Å². The molecule has 0 spiro atoms. The highest BCUT2D eigenvalue weighted by Crippen LogP contribution is 2.71. The average Bonchev–Trinajstić information content (AvgIpc) is 3.50. The van der Waals surface area contributed by atoms with Crippen LogP contribution in [0.1, 0.15) is 100 Å². The number of aryl methyl sites for hydroxylation is 1. The topological polar surface area (TPSA) is 85.0 Å². The molecule has 43 heavy (non-hydrogen) atoms. The number of thiazole rings is 1. The molecule has 7 aliphatic rings. The summed E-state index contributed by atoms with van der Waals surface area (Å²) in [6, 6.07) is 10.4. The molecule has 7 aliphatic carbocycles. The lowest BCUT2D eigenvalue weighted by molar-refractivity contribution is -0.215. The third-order valence-corrected chi connectivity index (χ3v) is 12.3. The van der Waals surface area contributed by atoms with E-state index in [1.54, 1.807) is 11.3 Å². The minimum Gasteiger partial charge on any atom is -0.339 e. The summed E-state index contributed by atoms with van der Waals surface area (Å²) >= 11 is 1.55. The lowest BCUT2D eigenvalue weighted by atomic mass is 9.41. The van der Waals surface area contributed by atoms with Gasteiger partial charge in [0.15, 0.2) is 5.82 Å². The van der Waals surface area contributed by atoms with Crippen LogP contribution < -0.4 is 4.90 Å². The van der Waals surface area contributed by atoms with Gasteiger partial charge in [-0.2, -0.15) is 4.98 Å². The fourth-order valence-electron chi connectivity index (χ4n) is 8.89. The first-order valence-electron chi connectivity index (χ1n) is 15.9. The number of anilines is 1. The van der Waals surface area contributed by atoms with Gasteiger partial charge in [0.05, 0.1) is 11.2 Å². The summed E-state index contributed by atoms with van der Waals surface area (Å²) in [6.45, 7) is 2.76. The molecule has 9 heteroatoms. The maximum atomic E-state index is 14.4. The Hall–Kier alpha value is -3.20. The zero-order chi connectivity index (χ0) is 29.0. The molecule has 3 aromatic heterocycles. The molecule has 0 atom stereocenters. The van der Waals surface area contributed by atoms with Crippen LogP contribution in [0, 0.1) is 17.8 Å². The van der Waals surface area contributed by atoms with Gasteiger partial charge in [-0.15, -0.1) is 11.3 Å². The van der Waals surface area contributed by atoms with Crippen molar-refractivity contribution in [3.05, 3.63) is 53.1 Å². The van der Waals surface area contributed by atoms with Crippen molar-refractivity contribution in [1.29, 1.82) is 0 Å². The van der Waals surface area contributed by atoms with E-state index in [0.29, 0.717) is 38.1 Å². The molecule has 7 fully saturated rings. The normalized spacial score (nSPS) is 32.4. The number of benzene rings is 1. The van der Waals surface area contributed by atoms with E-state index in [9.17, 15) is 9.18 Å². The maximum absolute atomic E-state index is 14.4. The van der Waals surface area contributed by atoms with Crippen LogP contribution in [0.4, 0.5) is 10.1 Å². The third-order valence-electron chi connectivity index (χ3n) is 11.6. The van der Waals surface area contributed by atoms with Gasteiger partial charge < -0.3 is 9.42 Å². The Morgan fingerprint density at radius 3 is 2.53 bits per heavy atom. The first-order chi connectivity index (χ1) is 20.7. The Kier molecular flexibility index (Phi) is 5.44. The molecular weight excluding hydrogens is 561 g/mol. The molecule has 0 radical (unpaired) electrons. The zero-order valence-corrected chi connectivity index (χ0v) is 25.4. The van der Waals surface area contributed by atoms with Crippen molar-refractivity contribution in [2.24, 2.45) is 10.8 Å². The maximum Gasteiger partial charge on any atom is 0.232 e. The van der Waals surface area contributed by atoms with E-state index in [-0.39, 0.29) is 22.2 Å². The van der Waals surface area contributed by atoms with E-state index in [4.69, 9.17) is 14.5 Å². The van der Waals surface area contributed by atoms with Crippen LogP contribution in [-0.4, -0.2) is 38.2 Å². The predicted molar refractivity (Wildman–Crippen MR) is 163 cm³/mol. The standard InChI is InChI=1S/C34H36FN5O2S/c1-21-13-25(37-29-27(21)36-20-43-29)23-3-2-4-24(14-23)40(26(41)15-32-16-34(35,17-32)18-32)19-31-7-10-33(11-8-31,12-9-31)30-38-28(39-42-30)22-5-6-22/h2-4,13-14,20,22H,5-12,15-19H2,1H3. The van der Waals surface area contributed by atoms with Gasteiger partial charge in [0.25, 0.3) is 0 Å². The van der Waals surface area contributed by atoms with Crippen LogP contribution in [0.5, 0.6) is 0 Å². The molecule has 1 aromatic carbocycles. The quantitative estimate of drug-likeness (QED) is 0.206. The monoisotopic (exact) mass is 597 g/mol. The van der Waals surface area contributed by atoms with Gasteiger partial charge in [-0.25, -0.2) is 14.4 Å². The molecular formula is C34H36FN5O2S. The molecule has 4 bridgehead atoms. The van der Waals surface area contributed by atoms with Gasteiger partial charge in [-0.3, -0.25) is 4.79 Å². The molecule has 4 aromatic rings. The minimum atomic E-state index is -1.01. The minimum absolute atomic E-state index is 0.0171. The summed E-state index contributed by atoms with van der Waals surface area (Å²) < 4.78 is 20.3. The van der Waals surface area contributed by atoms with E-state index < -0.39 is 5.67 Å². The van der Waals surface area contributed by atoms with Crippen molar-refractivity contribution in [2.45, 2.75) is 101 Å². The van der Waals surface area contributed by atoms with Crippen molar-refractivity contribution >= 4 is 33.3 Å². The number of aromatic nitrogens is 4. The highest BCUT2D eigenvalue weighted by molar-refractivity contribution is 7.16. The van der Waals surface area contributed by atoms with Crippen molar-refractivity contribution in [3.8, 4) is 11.3 Å². The summed E-state index contributed by atoms with van der Waals surface area (Å²) in [5.74, 6) is 2.36. The molecule has 0 unspecified atom stereocenters. The first kappa shape index (κ1) is 26.2. The average molecular weight is 598 g/mol. The molecule has 7 nitrogen and oxygen atoms in total. The van der Waals surface area contributed by atoms with E-state index in [1.165, 1.54) is 12.8 Å².